The third-order valence-corrected chi connectivity index (χ3v) is 4.28. The monoisotopic (exact) mass is 404 g/mol. The van der Waals surface area contributed by atoms with Crippen molar-refractivity contribution in [1.82, 2.24) is 4.98 Å². The van der Waals surface area contributed by atoms with Crippen LogP contribution in [-0.2, 0) is 23.9 Å². The van der Waals surface area contributed by atoms with Crippen molar-refractivity contribution in [2.24, 2.45) is 5.16 Å². The Balaban J connectivity index is 2.30. The molecule has 3 aromatic rings. The maximum Gasteiger partial charge on any atom is 0.341 e. The fraction of sp³-hybridized carbons (Fsp3) is 0.130. The number of oxime groups is 1. The predicted molar refractivity (Wildman–Crippen MR) is 113 cm³/mol. The first-order valence-corrected chi connectivity index (χ1v) is 9.07. The van der Waals surface area contributed by atoms with Crippen LogP contribution >= 0.6 is 0 Å². The molecule has 0 aliphatic carbocycles. The number of rotatable bonds is 6. The molecule has 0 fully saturated rings. The number of methoxy groups -OCH3 is 2. The van der Waals surface area contributed by atoms with Crippen LogP contribution in [-0.4, -0.2) is 36.9 Å². The molecule has 0 saturated heterocycles. The highest BCUT2D eigenvalue weighted by Gasteiger charge is 2.22. The molecule has 0 spiro atoms. The molecule has 3 rings (SSSR count). The SMILES string of the molecule is COC=C(C(=O)OC)c1ccccc1C(=NOC(C)=O)c1nccc2ccccc12. The van der Waals surface area contributed by atoms with Gasteiger partial charge in [-0.3, -0.25) is 4.98 Å². The molecule has 7 heteroatoms. The molecule has 0 unspecified atom stereocenters. The lowest BCUT2D eigenvalue weighted by atomic mass is 9.94. The van der Waals surface area contributed by atoms with Crippen LogP contribution < -0.4 is 0 Å². The van der Waals surface area contributed by atoms with Crippen molar-refractivity contribution in [3.05, 3.63) is 83.9 Å². The fourth-order valence-corrected chi connectivity index (χ4v) is 3.01. The summed E-state index contributed by atoms with van der Waals surface area (Å²) in [7, 11) is 2.72. The van der Waals surface area contributed by atoms with E-state index in [1.807, 2.05) is 30.3 Å². The number of nitrogens with zero attached hydrogens (tertiary/aromatic N) is 2. The van der Waals surface area contributed by atoms with Gasteiger partial charge in [0.05, 0.1) is 20.5 Å². The number of aromatic nitrogens is 1. The molecular formula is C23H20N2O5. The molecule has 0 radical (unpaired) electrons. The summed E-state index contributed by atoms with van der Waals surface area (Å²) in [5.74, 6) is -1.16. The molecule has 152 valence electrons. The number of benzene rings is 2. The second-order valence-corrected chi connectivity index (χ2v) is 6.21. The molecule has 2 aromatic carbocycles. The summed E-state index contributed by atoms with van der Waals surface area (Å²) in [5, 5.41) is 5.84. The fourth-order valence-electron chi connectivity index (χ4n) is 3.01. The molecule has 0 N–H and O–H groups in total. The van der Waals surface area contributed by atoms with E-state index in [0.717, 1.165) is 10.8 Å². The van der Waals surface area contributed by atoms with Gasteiger partial charge in [0.15, 0.2) is 0 Å². The number of pyridine rings is 1. The summed E-state index contributed by atoms with van der Waals surface area (Å²) in [6, 6.07) is 16.6. The molecule has 0 aliphatic rings. The molecule has 0 bridgehead atoms. The van der Waals surface area contributed by atoms with Crippen LogP contribution in [0.3, 0.4) is 0 Å². The number of esters is 1. The van der Waals surface area contributed by atoms with E-state index in [1.54, 1.807) is 30.5 Å². The van der Waals surface area contributed by atoms with E-state index >= 15 is 0 Å². The van der Waals surface area contributed by atoms with Crippen LogP contribution in [0.25, 0.3) is 16.3 Å². The molecule has 0 saturated carbocycles. The van der Waals surface area contributed by atoms with Crippen molar-refractivity contribution in [3.63, 3.8) is 0 Å². The molecule has 1 aromatic heterocycles. The molecule has 30 heavy (non-hydrogen) atoms. The van der Waals surface area contributed by atoms with Gasteiger partial charge in [-0.1, -0.05) is 53.7 Å². The first-order valence-electron chi connectivity index (χ1n) is 9.07. The summed E-state index contributed by atoms with van der Waals surface area (Å²) >= 11 is 0. The van der Waals surface area contributed by atoms with Crippen LogP contribution in [0.1, 0.15) is 23.7 Å². The lowest BCUT2D eigenvalue weighted by Gasteiger charge is -2.14. The van der Waals surface area contributed by atoms with E-state index < -0.39 is 11.9 Å². The third kappa shape index (κ3) is 4.35. The van der Waals surface area contributed by atoms with Crippen LogP contribution in [0.15, 0.2) is 72.2 Å². The predicted octanol–water partition coefficient (Wildman–Crippen LogP) is 3.71. The second kappa shape index (κ2) is 9.47. The van der Waals surface area contributed by atoms with Crippen LogP contribution in [0.4, 0.5) is 0 Å². The molecule has 0 atom stereocenters. The first kappa shape index (κ1) is 20.7. The van der Waals surface area contributed by atoms with Crippen molar-refractivity contribution in [3.8, 4) is 0 Å². The number of carbonyl (C=O) groups excluding carboxylic acids is 2. The van der Waals surface area contributed by atoms with Crippen molar-refractivity contribution >= 4 is 34.0 Å². The smallest absolute Gasteiger partial charge is 0.341 e. The van der Waals surface area contributed by atoms with Gasteiger partial charge in [0.25, 0.3) is 0 Å². The Bertz CT molecular complexity index is 1150. The number of fused-ring (bicyclic) bond motifs is 1. The average Bonchev–Trinajstić information content (AvgIpc) is 2.77. The topological polar surface area (TPSA) is 87.1 Å². The van der Waals surface area contributed by atoms with Gasteiger partial charge in [-0.2, -0.15) is 0 Å². The van der Waals surface area contributed by atoms with Gasteiger partial charge in [-0.05, 0) is 11.5 Å². The van der Waals surface area contributed by atoms with Gasteiger partial charge in [0, 0.05) is 29.6 Å². The van der Waals surface area contributed by atoms with Crippen molar-refractivity contribution in [2.45, 2.75) is 6.92 Å². The van der Waals surface area contributed by atoms with E-state index in [0.29, 0.717) is 22.5 Å². The van der Waals surface area contributed by atoms with Gasteiger partial charge in [-0.25, -0.2) is 9.59 Å². The normalized spacial score (nSPS) is 11.8. The number of hydrogen-bond donors (Lipinski definition) is 0. The highest BCUT2D eigenvalue weighted by Crippen LogP contribution is 2.26. The maximum atomic E-state index is 12.4. The van der Waals surface area contributed by atoms with Gasteiger partial charge in [-0.15, -0.1) is 0 Å². The number of hydrogen-bond acceptors (Lipinski definition) is 7. The van der Waals surface area contributed by atoms with Gasteiger partial charge >= 0.3 is 11.9 Å². The van der Waals surface area contributed by atoms with Crippen molar-refractivity contribution < 1.29 is 23.9 Å². The Labute approximate surface area is 173 Å². The number of carbonyl (C=O) groups is 2. The molecule has 7 nitrogen and oxygen atoms in total. The zero-order valence-corrected chi connectivity index (χ0v) is 16.8. The van der Waals surface area contributed by atoms with E-state index in [4.69, 9.17) is 14.3 Å². The van der Waals surface area contributed by atoms with Gasteiger partial charge < -0.3 is 14.3 Å². The molecule has 1 heterocycles. The zero-order valence-electron chi connectivity index (χ0n) is 16.8. The standard InChI is InChI=1S/C23H20N2O5/c1-15(26)30-25-22(21-17-9-5-4-8-16(17)12-13-24-21)19-11-7-6-10-18(19)20(14-28-2)23(27)29-3/h4-14H,1-3H3. The largest absolute Gasteiger partial charge is 0.503 e. The lowest BCUT2D eigenvalue weighted by molar-refractivity contribution is -0.141. The van der Waals surface area contributed by atoms with E-state index in [-0.39, 0.29) is 5.57 Å². The molecule has 0 amide bonds. The summed E-state index contributed by atoms with van der Waals surface area (Å²) < 4.78 is 9.99. The van der Waals surface area contributed by atoms with Gasteiger partial charge in [0.1, 0.15) is 17.0 Å². The highest BCUT2D eigenvalue weighted by atomic mass is 16.7. The Morgan fingerprint density at radius 2 is 1.67 bits per heavy atom. The van der Waals surface area contributed by atoms with Crippen molar-refractivity contribution in [1.29, 1.82) is 0 Å². The second-order valence-electron chi connectivity index (χ2n) is 6.21. The number of ether oxygens (including phenoxy) is 2. The van der Waals surface area contributed by atoms with Crippen LogP contribution in [0.2, 0.25) is 0 Å². The maximum absolute atomic E-state index is 12.4. The van der Waals surface area contributed by atoms with Crippen LogP contribution in [0.5, 0.6) is 0 Å². The van der Waals surface area contributed by atoms with Crippen molar-refractivity contribution in [2.75, 3.05) is 14.2 Å². The average molecular weight is 404 g/mol. The zero-order chi connectivity index (χ0) is 21.5. The van der Waals surface area contributed by atoms with E-state index in [9.17, 15) is 9.59 Å². The first-order chi connectivity index (χ1) is 14.6. The van der Waals surface area contributed by atoms with Crippen LogP contribution in [0, 0.1) is 0 Å². The Morgan fingerprint density at radius 1 is 0.967 bits per heavy atom. The molecular weight excluding hydrogens is 384 g/mol. The van der Waals surface area contributed by atoms with E-state index in [2.05, 4.69) is 10.1 Å². The summed E-state index contributed by atoms with van der Waals surface area (Å²) in [6.45, 7) is 1.26. The summed E-state index contributed by atoms with van der Waals surface area (Å²) in [5.41, 5.74) is 2.00. The summed E-state index contributed by atoms with van der Waals surface area (Å²) in [6.07, 6.45) is 2.94. The minimum Gasteiger partial charge on any atom is -0.503 e. The highest BCUT2D eigenvalue weighted by molar-refractivity contribution is 6.24. The third-order valence-electron chi connectivity index (χ3n) is 4.28. The summed E-state index contributed by atoms with van der Waals surface area (Å²) in [4.78, 5) is 33.3. The Morgan fingerprint density at radius 3 is 2.37 bits per heavy atom. The Kier molecular flexibility index (Phi) is 6.54. The van der Waals surface area contributed by atoms with E-state index in [1.165, 1.54) is 27.4 Å². The quantitative estimate of drug-likeness (QED) is 0.155. The Hall–Kier alpha value is -4.00. The minimum atomic E-state index is -0.581. The molecule has 0 aliphatic heterocycles. The lowest BCUT2D eigenvalue weighted by Crippen LogP contribution is -2.14. The van der Waals surface area contributed by atoms with Gasteiger partial charge in [0.2, 0.25) is 0 Å². The minimum absolute atomic E-state index is 0.186.